The summed E-state index contributed by atoms with van der Waals surface area (Å²) in [5.74, 6) is 0.743. The van der Waals surface area contributed by atoms with E-state index in [0.717, 1.165) is 47.6 Å². The Morgan fingerprint density at radius 1 is 1.12 bits per heavy atom. The van der Waals surface area contributed by atoms with Crippen molar-refractivity contribution >= 4 is 31.0 Å². The minimum absolute atomic E-state index is 0.257. The van der Waals surface area contributed by atoms with Crippen molar-refractivity contribution in [3.63, 3.8) is 0 Å². The Kier molecular flexibility index (Phi) is 7.81. The van der Waals surface area contributed by atoms with Gasteiger partial charge in [0.15, 0.2) is 6.79 Å². The standard InChI is InChI=1S/C20H29ClN2O2Si/c1-26(2,3)13-12-24-15-25-17-8-9-19(22)20(14-17)23-11-10-16-6-4-5-7-18(16)21/h4-9,14,23H,10-13,15,22H2,1-3H3. The van der Waals surface area contributed by atoms with Gasteiger partial charge in [0.1, 0.15) is 5.75 Å². The lowest BCUT2D eigenvalue weighted by Gasteiger charge is -2.16. The minimum atomic E-state index is -1.07. The highest BCUT2D eigenvalue weighted by Crippen LogP contribution is 2.25. The molecule has 2 aromatic rings. The summed E-state index contributed by atoms with van der Waals surface area (Å²) < 4.78 is 11.3. The number of nitrogens with one attached hydrogen (secondary N) is 1. The normalized spacial score (nSPS) is 11.4. The molecule has 0 unspecified atom stereocenters. The quantitative estimate of drug-likeness (QED) is 0.250. The average molecular weight is 393 g/mol. The van der Waals surface area contributed by atoms with Crippen LogP contribution in [0.4, 0.5) is 11.4 Å². The van der Waals surface area contributed by atoms with Gasteiger partial charge in [0.05, 0.1) is 11.4 Å². The number of benzene rings is 2. The Morgan fingerprint density at radius 3 is 2.62 bits per heavy atom. The predicted molar refractivity (Wildman–Crippen MR) is 114 cm³/mol. The molecule has 26 heavy (non-hydrogen) atoms. The molecule has 0 aliphatic heterocycles. The number of ether oxygens (including phenoxy) is 2. The second kappa shape index (κ2) is 9.85. The van der Waals surface area contributed by atoms with E-state index < -0.39 is 8.07 Å². The van der Waals surface area contributed by atoms with Crippen LogP contribution in [0, 0.1) is 0 Å². The van der Waals surface area contributed by atoms with Crippen molar-refractivity contribution in [1.82, 2.24) is 0 Å². The van der Waals surface area contributed by atoms with Crippen molar-refractivity contribution in [3.05, 3.63) is 53.1 Å². The van der Waals surface area contributed by atoms with Gasteiger partial charge in [0, 0.05) is 32.3 Å². The van der Waals surface area contributed by atoms with E-state index in [-0.39, 0.29) is 6.79 Å². The van der Waals surface area contributed by atoms with Crippen molar-refractivity contribution in [2.75, 3.05) is 31.0 Å². The Balaban J connectivity index is 1.80. The zero-order chi connectivity index (χ0) is 19.0. The van der Waals surface area contributed by atoms with Crippen LogP contribution in [0.2, 0.25) is 30.7 Å². The number of halogens is 1. The largest absolute Gasteiger partial charge is 0.467 e. The number of anilines is 2. The first kappa shape index (κ1) is 20.6. The number of nitrogens with two attached hydrogens (primary N) is 1. The van der Waals surface area contributed by atoms with Crippen molar-refractivity contribution in [1.29, 1.82) is 0 Å². The minimum Gasteiger partial charge on any atom is -0.467 e. The maximum Gasteiger partial charge on any atom is 0.189 e. The van der Waals surface area contributed by atoms with E-state index in [4.69, 9.17) is 26.8 Å². The summed E-state index contributed by atoms with van der Waals surface area (Å²) in [6, 6.07) is 14.6. The van der Waals surface area contributed by atoms with Gasteiger partial charge in [-0.15, -0.1) is 0 Å². The predicted octanol–water partition coefficient (Wildman–Crippen LogP) is 5.27. The second-order valence-electron chi connectivity index (χ2n) is 7.50. The zero-order valence-corrected chi connectivity index (χ0v) is 17.6. The van der Waals surface area contributed by atoms with Crippen molar-refractivity contribution in [2.45, 2.75) is 32.1 Å². The van der Waals surface area contributed by atoms with E-state index in [1.807, 2.05) is 42.5 Å². The van der Waals surface area contributed by atoms with Gasteiger partial charge in [-0.2, -0.15) is 0 Å². The van der Waals surface area contributed by atoms with Crippen LogP contribution < -0.4 is 15.8 Å². The zero-order valence-electron chi connectivity index (χ0n) is 15.8. The number of rotatable bonds is 10. The molecular formula is C20H29ClN2O2Si. The highest BCUT2D eigenvalue weighted by molar-refractivity contribution is 6.76. The highest BCUT2D eigenvalue weighted by Gasteiger charge is 2.12. The molecule has 2 aromatic carbocycles. The molecule has 0 heterocycles. The molecular weight excluding hydrogens is 364 g/mol. The first-order chi connectivity index (χ1) is 12.3. The van der Waals surface area contributed by atoms with Crippen LogP contribution in [-0.4, -0.2) is 28.0 Å². The molecule has 0 amide bonds. The Bertz CT molecular complexity index is 704. The first-order valence-corrected chi connectivity index (χ1v) is 13.0. The lowest BCUT2D eigenvalue weighted by molar-refractivity contribution is 0.0221. The molecule has 0 aliphatic carbocycles. The Hall–Kier alpha value is -1.69. The van der Waals surface area contributed by atoms with Crippen molar-refractivity contribution in [2.24, 2.45) is 0 Å². The lowest BCUT2D eigenvalue weighted by Crippen LogP contribution is -2.22. The molecule has 6 heteroatoms. The third kappa shape index (κ3) is 7.28. The molecule has 142 valence electrons. The van der Waals surface area contributed by atoms with E-state index >= 15 is 0 Å². The summed E-state index contributed by atoms with van der Waals surface area (Å²) in [5, 5.41) is 4.14. The molecule has 0 aliphatic rings. The van der Waals surface area contributed by atoms with Crippen molar-refractivity contribution < 1.29 is 9.47 Å². The number of hydrogen-bond acceptors (Lipinski definition) is 4. The molecule has 3 N–H and O–H groups in total. The van der Waals surface area contributed by atoms with Gasteiger partial charge in [-0.1, -0.05) is 49.4 Å². The molecule has 0 bridgehead atoms. The summed E-state index contributed by atoms with van der Waals surface area (Å²) in [4.78, 5) is 0. The van der Waals surface area contributed by atoms with E-state index in [1.165, 1.54) is 0 Å². The van der Waals surface area contributed by atoms with Crippen LogP contribution in [-0.2, 0) is 11.2 Å². The third-order valence-corrected chi connectivity index (χ3v) is 6.07. The summed E-state index contributed by atoms with van der Waals surface area (Å²) >= 11 is 6.19. The van der Waals surface area contributed by atoms with Gasteiger partial charge in [0.2, 0.25) is 0 Å². The van der Waals surface area contributed by atoms with Gasteiger partial charge >= 0.3 is 0 Å². The fraction of sp³-hybridized carbons (Fsp3) is 0.400. The van der Waals surface area contributed by atoms with Crippen LogP contribution in [0.3, 0.4) is 0 Å². The van der Waals surface area contributed by atoms with Gasteiger partial charge in [-0.05, 0) is 36.2 Å². The number of nitrogen functional groups attached to an aromatic ring is 1. The average Bonchev–Trinajstić information content (AvgIpc) is 2.58. The fourth-order valence-corrected chi connectivity index (χ4v) is 3.35. The van der Waals surface area contributed by atoms with Crippen LogP contribution >= 0.6 is 11.6 Å². The van der Waals surface area contributed by atoms with Gasteiger partial charge in [-0.3, -0.25) is 0 Å². The topological polar surface area (TPSA) is 56.5 Å². The Morgan fingerprint density at radius 2 is 1.88 bits per heavy atom. The third-order valence-electron chi connectivity index (χ3n) is 4.00. The molecule has 2 rings (SSSR count). The first-order valence-electron chi connectivity index (χ1n) is 8.92. The van der Waals surface area contributed by atoms with Crippen molar-refractivity contribution in [3.8, 4) is 5.75 Å². The maximum atomic E-state index is 6.19. The van der Waals surface area contributed by atoms with E-state index in [9.17, 15) is 0 Å². The van der Waals surface area contributed by atoms with Crippen LogP contribution in [0.15, 0.2) is 42.5 Å². The molecule has 4 nitrogen and oxygen atoms in total. The van der Waals surface area contributed by atoms with Gasteiger partial charge in [0.25, 0.3) is 0 Å². The van der Waals surface area contributed by atoms with Crippen LogP contribution in [0.1, 0.15) is 5.56 Å². The van der Waals surface area contributed by atoms with Crippen LogP contribution in [0.5, 0.6) is 5.75 Å². The molecule has 0 saturated heterocycles. The van der Waals surface area contributed by atoms with Gasteiger partial charge in [-0.25, -0.2) is 0 Å². The smallest absolute Gasteiger partial charge is 0.189 e. The monoisotopic (exact) mass is 392 g/mol. The molecule has 0 saturated carbocycles. The second-order valence-corrected chi connectivity index (χ2v) is 13.5. The molecule has 0 radical (unpaired) electrons. The number of hydrogen-bond donors (Lipinski definition) is 2. The van der Waals surface area contributed by atoms with E-state index in [0.29, 0.717) is 5.69 Å². The summed E-state index contributed by atoms with van der Waals surface area (Å²) in [6.45, 7) is 8.73. The van der Waals surface area contributed by atoms with Crippen LogP contribution in [0.25, 0.3) is 0 Å². The fourth-order valence-electron chi connectivity index (χ4n) is 2.36. The van der Waals surface area contributed by atoms with E-state index in [1.54, 1.807) is 0 Å². The molecule has 0 atom stereocenters. The lowest BCUT2D eigenvalue weighted by atomic mass is 10.1. The SMILES string of the molecule is C[Si](C)(C)CCOCOc1ccc(N)c(NCCc2ccccc2Cl)c1. The summed E-state index contributed by atoms with van der Waals surface area (Å²) in [5.41, 5.74) is 8.72. The Labute approximate surface area is 162 Å². The summed E-state index contributed by atoms with van der Waals surface area (Å²) in [7, 11) is -1.07. The highest BCUT2D eigenvalue weighted by atomic mass is 35.5. The molecule has 0 spiro atoms. The molecule has 0 aromatic heterocycles. The maximum absolute atomic E-state index is 6.19. The summed E-state index contributed by atoms with van der Waals surface area (Å²) in [6.07, 6.45) is 0.823. The van der Waals surface area contributed by atoms with E-state index in [2.05, 4.69) is 25.0 Å². The van der Waals surface area contributed by atoms with Gasteiger partial charge < -0.3 is 20.5 Å². The molecule has 0 fully saturated rings.